The first kappa shape index (κ1) is 19.0. The number of carbonyl (C=O) groups excluding carboxylic acids is 1. The van der Waals surface area contributed by atoms with Crippen LogP contribution in [0.15, 0.2) is 48.7 Å². The summed E-state index contributed by atoms with van der Waals surface area (Å²) in [6.45, 7) is 5.02. The van der Waals surface area contributed by atoms with Crippen molar-refractivity contribution in [1.29, 1.82) is 0 Å². The quantitative estimate of drug-likeness (QED) is 0.614. The van der Waals surface area contributed by atoms with Gasteiger partial charge in [0.25, 0.3) is 0 Å². The molecule has 3 aromatic rings. The lowest BCUT2D eigenvalue weighted by molar-refractivity contribution is -0.121. The SMILES string of the molecule is COc1ccc2c(CCNC(=O)CCc3ccc(C(C)C)cc3)c[nH]c2c1. The van der Waals surface area contributed by atoms with Crippen molar-refractivity contribution in [3.8, 4) is 5.75 Å². The van der Waals surface area contributed by atoms with Gasteiger partial charge >= 0.3 is 0 Å². The Morgan fingerprint density at radius 1 is 1.11 bits per heavy atom. The van der Waals surface area contributed by atoms with Gasteiger partial charge in [0.2, 0.25) is 5.91 Å². The first-order chi connectivity index (χ1) is 13.1. The molecule has 0 spiro atoms. The molecule has 0 saturated carbocycles. The van der Waals surface area contributed by atoms with Crippen molar-refractivity contribution >= 4 is 16.8 Å². The third-order valence-electron chi connectivity index (χ3n) is 4.98. The minimum absolute atomic E-state index is 0.101. The van der Waals surface area contributed by atoms with E-state index in [4.69, 9.17) is 4.74 Å². The zero-order valence-corrected chi connectivity index (χ0v) is 16.3. The first-order valence-electron chi connectivity index (χ1n) is 9.56. The summed E-state index contributed by atoms with van der Waals surface area (Å²) in [7, 11) is 1.67. The Hall–Kier alpha value is -2.75. The van der Waals surface area contributed by atoms with Crippen LogP contribution in [0.2, 0.25) is 0 Å². The molecule has 1 amide bonds. The van der Waals surface area contributed by atoms with Crippen LogP contribution in [0.1, 0.15) is 42.9 Å². The largest absolute Gasteiger partial charge is 0.497 e. The maximum Gasteiger partial charge on any atom is 0.220 e. The molecule has 2 N–H and O–H groups in total. The van der Waals surface area contributed by atoms with Gasteiger partial charge in [0.05, 0.1) is 7.11 Å². The molecule has 0 aliphatic heterocycles. The molecule has 142 valence electrons. The average Bonchev–Trinajstić information content (AvgIpc) is 3.08. The number of rotatable bonds is 8. The number of aromatic amines is 1. The molecule has 0 saturated heterocycles. The Morgan fingerprint density at radius 3 is 2.59 bits per heavy atom. The molecule has 0 aliphatic rings. The lowest BCUT2D eigenvalue weighted by atomic mass is 10.0. The van der Waals surface area contributed by atoms with Crippen LogP contribution in [-0.4, -0.2) is 24.5 Å². The Kier molecular flexibility index (Phi) is 6.17. The number of ether oxygens (including phenoxy) is 1. The molecule has 3 rings (SSSR count). The predicted molar refractivity (Wildman–Crippen MR) is 110 cm³/mol. The standard InChI is InChI=1S/C23H28N2O2/c1-16(2)18-7-4-17(5-8-18)6-11-23(26)24-13-12-19-15-25-22-14-20(27-3)9-10-21(19)22/h4-5,7-10,14-16,25H,6,11-13H2,1-3H3,(H,24,26). The molecular formula is C23H28N2O2. The number of nitrogens with one attached hydrogen (secondary N) is 2. The minimum atomic E-state index is 0.101. The second kappa shape index (κ2) is 8.76. The average molecular weight is 364 g/mol. The van der Waals surface area contributed by atoms with Gasteiger partial charge in [0, 0.05) is 36.1 Å². The van der Waals surface area contributed by atoms with Crippen LogP contribution in [-0.2, 0) is 17.6 Å². The van der Waals surface area contributed by atoms with Gasteiger partial charge in [0.1, 0.15) is 5.75 Å². The highest BCUT2D eigenvalue weighted by Gasteiger charge is 2.07. The molecular weight excluding hydrogens is 336 g/mol. The van der Waals surface area contributed by atoms with Gasteiger partial charge in [-0.25, -0.2) is 0 Å². The van der Waals surface area contributed by atoms with Crippen LogP contribution in [0.25, 0.3) is 10.9 Å². The molecule has 4 heteroatoms. The summed E-state index contributed by atoms with van der Waals surface area (Å²) in [5.41, 5.74) is 4.80. The second-order valence-corrected chi connectivity index (χ2v) is 7.22. The summed E-state index contributed by atoms with van der Waals surface area (Å²) in [5.74, 6) is 1.48. The molecule has 0 aliphatic carbocycles. The van der Waals surface area contributed by atoms with Crippen LogP contribution < -0.4 is 10.1 Å². The Bertz CT molecular complexity index is 894. The molecule has 1 heterocycles. The number of H-pyrrole nitrogens is 1. The van der Waals surface area contributed by atoms with Crippen molar-refractivity contribution in [2.24, 2.45) is 0 Å². The first-order valence-corrected chi connectivity index (χ1v) is 9.56. The molecule has 0 fully saturated rings. The predicted octanol–water partition coefficient (Wildman–Crippen LogP) is 4.59. The van der Waals surface area contributed by atoms with Gasteiger partial charge in [-0.05, 0) is 47.6 Å². The van der Waals surface area contributed by atoms with Crippen LogP contribution in [0.4, 0.5) is 0 Å². The van der Waals surface area contributed by atoms with Crippen LogP contribution >= 0.6 is 0 Å². The summed E-state index contributed by atoms with van der Waals surface area (Å²) < 4.78 is 5.25. The van der Waals surface area contributed by atoms with Crippen molar-refractivity contribution < 1.29 is 9.53 Å². The number of benzene rings is 2. The third-order valence-corrected chi connectivity index (χ3v) is 4.98. The highest BCUT2D eigenvalue weighted by atomic mass is 16.5. The van der Waals surface area contributed by atoms with E-state index in [0.717, 1.165) is 24.1 Å². The molecule has 2 aromatic carbocycles. The third kappa shape index (κ3) is 4.91. The highest BCUT2D eigenvalue weighted by molar-refractivity contribution is 5.84. The maximum atomic E-state index is 12.1. The minimum Gasteiger partial charge on any atom is -0.497 e. The van der Waals surface area contributed by atoms with E-state index in [1.165, 1.54) is 22.1 Å². The molecule has 0 atom stereocenters. The van der Waals surface area contributed by atoms with Crippen molar-refractivity contribution in [2.75, 3.05) is 13.7 Å². The number of carbonyl (C=O) groups is 1. The number of aryl methyl sites for hydroxylation is 1. The van der Waals surface area contributed by atoms with Gasteiger partial charge in [-0.3, -0.25) is 4.79 Å². The van der Waals surface area contributed by atoms with E-state index in [9.17, 15) is 4.79 Å². The zero-order valence-electron chi connectivity index (χ0n) is 16.3. The van der Waals surface area contributed by atoms with Gasteiger partial charge in [0.15, 0.2) is 0 Å². The van der Waals surface area contributed by atoms with Crippen molar-refractivity contribution in [3.05, 3.63) is 65.4 Å². The Labute approximate surface area is 160 Å². The zero-order chi connectivity index (χ0) is 19.2. The van der Waals surface area contributed by atoms with Crippen molar-refractivity contribution in [2.45, 2.75) is 39.0 Å². The summed E-state index contributed by atoms with van der Waals surface area (Å²) in [6.07, 6.45) is 4.11. The molecule has 4 nitrogen and oxygen atoms in total. The monoisotopic (exact) mass is 364 g/mol. The van der Waals surface area contributed by atoms with Crippen LogP contribution in [0, 0.1) is 0 Å². The molecule has 0 bridgehead atoms. The van der Waals surface area contributed by atoms with E-state index in [1.807, 2.05) is 18.3 Å². The summed E-state index contributed by atoms with van der Waals surface area (Å²) >= 11 is 0. The van der Waals surface area contributed by atoms with Crippen molar-refractivity contribution in [1.82, 2.24) is 10.3 Å². The van der Waals surface area contributed by atoms with E-state index in [-0.39, 0.29) is 5.91 Å². The van der Waals surface area contributed by atoms with E-state index in [2.05, 4.69) is 54.5 Å². The van der Waals surface area contributed by atoms with Crippen LogP contribution in [0.3, 0.4) is 0 Å². The number of hydrogen-bond acceptors (Lipinski definition) is 2. The molecule has 27 heavy (non-hydrogen) atoms. The molecule has 1 aromatic heterocycles. The number of hydrogen-bond donors (Lipinski definition) is 2. The smallest absolute Gasteiger partial charge is 0.220 e. The van der Waals surface area contributed by atoms with Crippen molar-refractivity contribution in [3.63, 3.8) is 0 Å². The summed E-state index contributed by atoms with van der Waals surface area (Å²) in [6, 6.07) is 14.6. The van der Waals surface area contributed by atoms with Gasteiger partial charge < -0.3 is 15.0 Å². The fourth-order valence-corrected chi connectivity index (χ4v) is 3.25. The number of methoxy groups -OCH3 is 1. The lowest BCUT2D eigenvalue weighted by Crippen LogP contribution is -2.25. The fourth-order valence-electron chi connectivity index (χ4n) is 3.25. The van der Waals surface area contributed by atoms with Gasteiger partial charge in [-0.1, -0.05) is 38.1 Å². The van der Waals surface area contributed by atoms with E-state index >= 15 is 0 Å². The number of fused-ring (bicyclic) bond motifs is 1. The number of amides is 1. The fraction of sp³-hybridized carbons (Fsp3) is 0.348. The normalized spacial score (nSPS) is 11.1. The highest BCUT2D eigenvalue weighted by Crippen LogP contribution is 2.23. The maximum absolute atomic E-state index is 12.1. The summed E-state index contributed by atoms with van der Waals surface area (Å²) in [4.78, 5) is 15.4. The molecule has 0 radical (unpaired) electrons. The summed E-state index contributed by atoms with van der Waals surface area (Å²) in [5, 5.41) is 4.21. The Balaban J connectivity index is 1.45. The van der Waals surface area contributed by atoms with E-state index in [1.54, 1.807) is 7.11 Å². The second-order valence-electron chi connectivity index (χ2n) is 7.22. The number of aromatic nitrogens is 1. The Morgan fingerprint density at radius 2 is 1.89 bits per heavy atom. The molecule has 0 unspecified atom stereocenters. The van der Waals surface area contributed by atoms with Gasteiger partial charge in [-0.2, -0.15) is 0 Å². The topological polar surface area (TPSA) is 54.1 Å². The van der Waals surface area contributed by atoms with E-state index in [0.29, 0.717) is 18.9 Å². The van der Waals surface area contributed by atoms with E-state index < -0.39 is 0 Å². The van der Waals surface area contributed by atoms with Crippen LogP contribution in [0.5, 0.6) is 5.75 Å². The van der Waals surface area contributed by atoms with Gasteiger partial charge in [-0.15, -0.1) is 0 Å². The lowest BCUT2D eigenvalue weighted by Gasteiger charge is -2.08.